The van der Waals surface area contributed by atoms with E-state index in [2.05, 4.69) is 4.98 Å². The van der Waals surface area contributed by atoms with Crippen molar-refractivity contribution in [3.63, 3.8) is 0 Å². The molecule has 2 atom stereocenters. The van der Waals surface area contributed by atoms with Crippen LogP contribution < -0.4 is 11.3 Å². The normalized spacial score (nSPS) is 21.9. The fourth-order valence-electron chi connectivity index (χ4n) is 3.05. The average molecular weight is 279 g/mol. The Balaban J connectivity index is 2.26. The van der Waals surface area contributed by atoms with Crippen LogP contribution in [0.1, 0.15) is 36.5 Å². The van der Waals surface area contributed by atoms with Crippen molar-refractivity contribution in [2.24, 2.45) is 11.7 Å². The summed E-state index contributed by atoms with van der Waals surface area (Å²) in [5, 5.41) is 9.41. The van der Waals surface area contributed by atoms with Gasteiger partial charge in [-0.2, -0.15) is 0 Å². The van der Waals surface area contributed by atoms with Gasteiger partial charge < -0.3 is 15.7 Å². The largest absolute Gasteiger partial charge is 0.494 e. The van der Waals surface area contributed by atoms with Gasteiger partial charge in [0.15, 0.2) is 5.88 Å². The average Bonchev–Trinajstić information content (AvgIpc) is 2.86. The number of hydrogen-bond acceptors (Lipinski definition) is 4. The summed E-state index contributed by atoms with van der Waals surface area (Å²) >= 11 is 0. The number of nitrogens with zero attached hydrogens (tertiary/aromatic N) is 1. The highest BCUT2D eigenvalue weighted by atomic mass is 16.3. The number of amides is 1. The van der Waals surface area contributed by atoms with E-state index in [0.717, 1.165) is 19.3 Å². The molecule has 0 bridgehead atoms. The number of nitrogens with two attached hydrogens (primary N) is 1. The van der Waals surface area contributed by atoms with Crippen LogP contribution in [0, 0.1) is 5.92 Å². The van der Waals surface area contributed by atoms with Crippen molar-refractivity contribution >= 4 is 5.91 Å². The van der Waals surface area contributed by atoms with Gasteiger partial charge in [0.1, 0.15) is 0 Å². The van der Waals surface area contributed by atoms with E-state index in [-0.39, 0.29) is 23.4 Å². The van der Waals surface area contributed by atoms with Gasteiger partial charge in [0.25, 0.3) is 11.5 Å². The van der Waals surface area contributed by atoms with Gasteiger partial charge in [-0.15, -0.1) is 0 Å². The minimum absolute atomic E-state index is 0.124. The monoisotopic (exact) mass is 279 g/mol. The summed E-state index contributed by atoms with van der Waals surface area (Å²) < 4.78 is 0. The minimum Gasteiger partial charge on any atom is -0.494 e. The van der Waals surface area contributed by atoms with Gasteiger partial charge in [0, 0.05) is 24.7 Å². The standard InChI is InChI=1S/C14H21N3O3/c1-2-17(11-5-3-4-9(11)8-15)14(20)10-6-12(18)16-13(19)7-10/h6-7,9,11H,2-5,8,15H2,1H3,(H2,16,18,19). The first kappa shape index (κ1) is 14.6. The molecule has 1 saturated carbocycles. The fraction of sp³-hybridized carbons (Fsp3) is 0.571. The van der Waals surface area contributed by atoms with Crippen molar-refractivity contribution in [2.75, 3.05) is 13.1 Å². The van der Waals surface area contributed by atoms with E-state index in [4.69, 9.17) is 5.73 Å². The van der Waals surface area contributed by atoms with Gasteiger partial charge in [-0.05, 0) is 32.2 Å². The number of hydrogen-bond donors (Lipinski definition) is 3. The quantitative estimate of drug-likeness (QED) is 0.754. The van der Waals surface area contributed by atoms with Crippen molar-refractivity contribution in [3.8, 4) is 5.88 Å². The van der Waals surface area contributed by atoms with Gasteiger partial charge in [-0.3, -0.25) is 14.6 Å². The summed E-state index contributed by atoms with van der Waals surface area (Å²) in [6.45, 7) is 3.04. The maximum atomic E-state index is 12.6. The van der Waals surface area contributed by atoms with Crippen LogP contribution in [0.15, 0.2) is 16.9 Å². The van der Waals surface area contributed by atoms with E-state index in [9.17, 15) is 14.7 Å². The molecule has 0 spiro atoms. The van der Waals surface area contributed by atoms with Crippen LogP contribution in [0.2, 0.25) is 0 Å². The molecule has 1 fully saturated rings. The molecule has 0 saturated heterocycles. The first-order chi connectivity index (χ1) is 9.56. The second kappa shape index (κ2) is 6.09. The van der Waals surface area contributed by atoms with E-state index in [1.54, 1.807) is 4.90 Å². The second-order valence-electron chi connectivity index (χ2n) is 5.20. The maximum absolute atomic E-state index is 12.6. The van der Waals surface area contributed by atoms with Crippen LogP contribution >= 0.6 is 0 Å². The third-order valence-electron chi connectivity index (χ3n) is 4.00. The molecule has 1 amide bonds. The van der Waals surface area contributed by atoms with Gasteiger partial charge >= 0.3 is 0 Å². The molecule has 1 aromatic heterocycles. The molecule has 1 aromatic rings. The molecule has 2 unspecified atom stereocenters. The Hall–Kier alpha value is -1.82. The lowest BCUT2D eigenvalue weighted by molar-refractivity contribution is 0.0651. The Bertz CT molecular complexity index is 541. The highest BCUT2D eigenvalue weighted by molar-refractivity contribution is 5.94. The summed E-state index contributed by atoms with van der Waals surface area (Å²) in [7, 11) is 0. The predicted molar refractivity (Wildman–Crippen MR) is 75.6 cm³/mol. The van der Waals surface area contributed by atoms with Crippen LogP contribution in [0.5, 0.6) is 5.88 Å². The number of carbonyl (C=O) groups is 1. The molecule has 1 aliphatic carbocycles. The molecule has 0 aliphatic heterocycles. The topological polar surface area (TPSA) is 99.4 Å². The molecule has 6 nitrogen and oxygen atoms in total. The Labute approximate surface area is 117 Å². The zero-order valence-electron chi connectivity index (χ0n) is 11.6. The van der Waals surface area contributed by atoms with Gasteiger partial charge in [-0.25, -0.2) is 0 Å². The van der Waals surface area contributed by atoms with E-state index in [1.807, 2.05) is 6.92 Å². The zero-order valence-corrected chi connectivity index (χ0v) is 11.6. The number of aromatic hydroxyl groups is 1. The van der Waals surface area contributed by atoms with Crippen molar-refractivity contribution in [1.29, 1.82) is 0 Å². The second-order valence-corrected chi connectivity index (χ2v) is 5.20. The molecule has 0 radical (unpaired) electrons. The third-order valence-corrected chi connectivity index (χ3v) is 4.00. The number of pyridine rings is 1. The van der Waals surface area contributed by atoms with Crippen LogP contribution in [-0.2, 0) is 0 Å². The zero-order chi connectivity index (χ0) is 14.7. The van der Waals surface area contributed by atoms with Crippen molar-refractivity contribution in [3.05, 3.63) is 28.0 Å². The molecule has 1 aliphatic rings. The van der Waals surface area contributed by atoms with Crippen LogP contribution in [0.3, 0.4) is 0 Å². The lowest BCUT2D eigenvalue weighted by Crippen LogP contribution is -2.44. The number of rotatable bonds is 4. The van der Waals surface area contributed by atoms with Crippen LogP contribution in [-0.4, -0.2) is 40.0 Å². The molecule has 1 heterocycles. The lowest BCUT2D eigenvalue weighted by Gasteiger charge is -2.32. The Kier molecular flexibility index (Phi) is 4.44. The molecule has 110 valence electrons. The Morgan fingerprint density at radius 2 is 2.25 bits per heavy atom. The summed E-state index contributed by atoms with van der Waals surface area (Å²) in [4.78, 5) is 27.9. The van der Waals surface area contributed by atoms with Crippen molar-refractivity contribution in [1.82, 2.24) is 9.88 Å². The molecular weight excluding hydrogens is 258 g/mol. The van der Waals surface area contributed by atoms with Crippen LogP contribution in [0.4, 0.5) is 0 Å². The molecule has 0 aromatic carbocycles. The summed E-state index contributed by atoms with van der Waals surface area (Å²) in [5.74, 6) is -0.201. The highest BCUT2D eigenvalue weighted by Gasteiger charge is 2.33. The van der Waals surface area contributed by atoms with Crippen LogP contribution in [0.25, 0.3) is 0 Å². The van der Waals surface area contributed by atoms with Gasteiger partial charge in [-0.1, -0.05) is 6.42 Å². The lowest BCUT2D eigenvalue weighted by atomic mass is 10.0. The minimum atomic E-state index is -0.480. The highest BCUT2D eigenvalue weighted by Crippen LogP contribution is 2.30. The fourth-order valence-corrected chi connectivity index (χ4v) is 3.05. The molecule has 20 heavy (non-hydrogen) atoms. The number of carbonyl (C=O) groups excluding carboxylic acids is 1. The number of nitrogens with one attached hydrogen (secondary N) is 1. The maximum Gasteiger partial charge on any atom is 0.254 e. The van der Waals surface area contributed by atoms with E-state index in [0.29, 0.717) is 19.0 Å². The number of aromatic nitrogens is 1. The smallest absolute Gasteiger partial charge is 0.254 e. The molecular formula is C14H21N3O3. The number of aromatic amines is 1. The Morgan fingerprint density at radius 3 is 2.85 bits per heavy atom. The third kappa shape index (κ3) is 2.85. The SMILES string of the molecule is CCN(C(=O)c1cc(O)[nH]c(=O)c1)C1CCCC1CN. The van der Waals surface area contributed by atoms with E-state index >= 15 is 0 Å². The summed E-state index contributed by atoms with van der Waals surface area (Å²) in [6, 6.07) is 2.63. The first-order valence-corrected chi connectivity index (χ1v) is 7.01. The molecule has 6 heteroatoms. The van der Waals surface area contributed by atoms with Gasteiger partial charge in [0.05, 0.1) is 5.56 Å². The van der Waals surface area contributed by atoms with E-state index < -0.39 is 5.56 Å². The van der Waals surface area contributed by atoms with Crippen molar-refractivity contribution < 1.29 is 9.90 Å². The summed E-state index contributed by atoms with van der Waals surface area (Å²) in [5.41, 5.74) is 5.51. The van der Waals surface area contributed by atoms with E-state index in [1.165, 1.54) is 12.1 Å². The first-order valence-electron chi connectivity index (χ1n) is 7.01. The molecule has 2 rings (SSSR count). The number of H-pyrrole nitrogens is 1. The summed E-state index contributed by atoms with van der Waals surface area (Å²) in [6.07, 6.45) is 3.04. The molecule has 4 N–H and O–H groups in total. The predicted octanol–water partition coefficient (Wildman–Crippen LogP) is 0.670. The van der Waals surface area contributed by atoms with Gasteiger partial charge in [0.2, 0.25) is 0 Å². The van der Waals surface area contributed by atoms with Crippen molar-refractivity contribution in [2.45, 2.75) is 32.2 Å². The Morgan fingerprint density at radius 1 is 1.50 bits per heavy atom.